The second-order valence-electron chi connectivity index (χ2n) is 4.51. The van der Waals surface area contributed by atoms with Crippen LogP contribution in [0.15, 0.2) is 22.7 Å². The van der Waals surface area contributed by atoms with Crippen molar-refractivity contribution in [3.8, 4) is 0 Å². The molecular formula is C13H16BrClO2. The molecule has 0 bridgehead atoms. The molecule has 0 aromatic heterocycles. The Morgan fingerprint density at radius 2 is 2.12 bits per heavy atom. The summed E-state index contributed by atoms with van der Waals surface area (Å²) in [7, 11) is 1.65. The number of Topliss-reactive ketones (excluding diaryl/α,β-unsaturated/α-hetero) is 1. The summed E-state index contributed by atoms with van der Waals surface area (Å²) in [4.78, 5) is 12.0. The Kier molecular flexibility index (Phi) is 5.17. The SMILES string of the molecule is COC(C)(C)CCC(=O)c1ccc(Br)cc1Cl. The van der Waals surface area contributed by atoms with Gasteiger partial charge in [-0.05, 0) is 38.5 Å². The number of carbonyl (C=O) groups excluding carboxylic acids is 1. The van der Waals surface area contributed by atoms with Crippen molar-refractivity contribution in [3.63, 3.8) is 0 Å². The van der Waals surface area contributed by atoms with Gasteiger partial charge in [0, 0.05) is 23.6 Å². The lowest BCUT2D eigenvalue weighted by molar-refractivity contribution is 0.0141. The largest absolute Gasteiger partial charge is 0.379 e. The fraction of sp³-hybridized carbons (Fsp3) is 0.462. The predicted molar refractivity (Wildman–Crippen MR) is 73.8 cm³/mol. The zero-order valence-corrected chi connectivity index (χ0v) is 12.6. The normalized spacial score (nSPS) is 11.6. The number of hydrogen-bond donors (Lipinski definition) is 0. The van der Waals surface area contributed by atoms with Gasteiger partial charge in [0.25, 0.3) is 0 Å². The average Bonchev–Trinajstić information content (AvgIpc) is 2.26. The fourth-order valence-electron chi connectivity index (χ4n) is 1.37. The summed E-state index contributed by atoms with van der Waals surface area (Å²) in [5.41, 5.74) is 0.291. The molecule has 0 fully saturated rings. The number of benzene rings is 1. The van der Waals surface area contributed by atoms with Gasteiger partial charge >= 0.3 is 0 Å². The minimum absolute atomic E-state index is 0.0487. The number of ketones is 1. The third kappa shape index (κ3) is 4.41. The minimum atomic E-state index is -0.280. The lowest BCUT2D eigenvalue weighted by atomic mass is 9.98. The van der Waals surface area contributed by atoms with E-state index in [0.29, 0.717) is 23.4 Å². The van der Waals surface area contributed by atoms with Crippen molar-refractivity contribution in [2.75, 3.05) is 7.11 Å². The number of carbonyl (C=O) groups is 1. The Hall–Kier alpha value is -0.380. The first-order valence-corrected chi connectivity index (χ1v) is 6.56. The van der Waals surface area contributed by atoms with Gasteiger partial charge in [-0.25, -0.2) is 0 Å². The zero-order valence-electron chi connectivity index (χ0n) is 10.2. The molecule has 1 rings (SSSR count). The van der Waals surface area contributed by atoms with Crippen molar-refractivity contribution in [1.82, 2.24) is 0 Å². The molecule has 1 aromatic carbocycles. The van der Waals surface area contributed by atoms with E-state index in [4.69, 9.17) is 16.3 Å². The van der Waals surface area contributed by atoms with E-state index in [-0.39, 0.29) is 11.4 Å². The van der Waals surface area contributed by atoms with Crippen LogP contribution in [0.4, 0.5) is 0 Å². The molecule has 1 aromatic rings. The van der Waals surface area contributed by atoms with Crippen LogP contribution in [0.5, 0.6) is 0 Å². The smallest absolute Gasteiger partial charge is 0.164 e. The number of halogens is 2. The second kappa shape index (κ2) is 5.98. The first-order chi connectivity index (χ1) is 7.85. The molecule has 0 aliphatic rings. The van der Waals surface area contributed by atoms with E-state index in [1.54, 1.807) is 19.2 Å². The molecule has 0 saturated carbocycles. The molecule has 0 aliphatic carbocycles. The van der Waals surface area contributed by atoms with Crippen molar-refractivity contribution in [1.29, 1.82) is 0 Å². The number of rotatable bonds is 5. The number of ether oxygens (including phenoxy) is 1. The van der Waals surface area contributed by atoms with Crippen LogP contribution in [0.3, 0.4) is 0 Å². The van der Waals surface area contributed by atoms with Gasteiger partial charge in [0.1, 0.15) is 0 Å². The molecule has 2 nitrogen and oxygen atoms in total. The molecule has 0 radical (unpaired) electrons. The van der Waals surface area contributed by atoms with E-state index in [9.17, 15) is 4.79 Å². The Morgan fingerprint density at radius 1 is 1.47 bits per heavy atom. The zero-order chi connectivity index (χ0) is 13.1. The van der Waals surface area contributed by atoms with Gasteiger partial charge in [-0.15, -0.1) is 0 Å². The minimum Gasteiger partial charge on any atom is -0.379 e. The molecule has 17 heavy (non-hydrogen) atoms. The summed E-state index contributed by atoms with van der Waals surface area (Å²) < 4.78 is 6.15. The molecule has 0 saturated heterocycles. The van der Waals surface area contributed by atoms with Crippen molar-refractivity contribution in [2.24, 2.45) is 0 Å². The second-order valence-corrected chi connectivity index (χ2v) is 5.83. The molecule has 0 unspecified atom stereocenters. The van der Waals surface area contributed by atoms with E-state index in [1.165, 1.54) is 0 Å². The molecule has 4 heteroatoms. The van der Waals surface area contributed by atoms with Crippen molar-refractivity contribution < 1.29 is 9.53 Å². The van der Waals surface area contributed by atoms with Crippen LogP contribution in [0.25, 0.3) is 0 Å². The molecule has 0 N–H and O–H groups in total. The van der Waals surface area contributed by atoms with Gasteiger partial charge in [0.05, 0.1) is 10.6 Å². The maximum absolute atomic E-state index is 12.0. The van der Waals surface area contributed by atoms with Crippen molar-refractivity contribution in [2.45, 2.75) is 32.3 Å². The quantitative estimate of drug-likeness (QED) is 0.747. The summed E-state index contributed by atoms with van der Waals surface area (Å²) in [5, 5.41) is 0.486. The lowest BCUT2D eigenvalue weighted by Gasteiger charge is -2.22. The number of methoxy groups -OCH3 is 1. The highest BCUT2D eigenvalue weighted by atomic mass is 79.9. The molecule has 0 atom stereocenters. The summed E-state index contributed by atoms with van der Waals surface area (Å²) in [6, 6.07) is 5.30. The molecule has 94 valence electrons. The molecule has 0 heterocycles. The maximum atomic E-state index is 12.0. The Morgan fingerprint density at radius 3 is 2.65 bits per heavy atom. The highest BCUT2D eigenvalue weighted by Crippen LogP contribution is 2.24. The summed E-state index contributed by atoms with van der Waals surface area (Å²) in [6.07, 6.45) is 1.11. The van der Waals surface area contributed by atoms with E-state index in [0.717, 1.165) is 4.47 Å². The standard InChI is InChI=1S/C13H16BrClO2/c1-13(2,17-3)7-6-12(16)10-5-4-9(14)8-11(10)15/h4-5,8H,6-7H2,1-3H3. The lowest BCUT2D eigenvalue weighted by Crippen LogP contribution is -2.23. The molecular weight excluding hydrogens is 303 g/mol. The van der Waals surface area contributed by atoms with E-state index < -0.39 is 0 Å². The first kappa shape index (κ1) is 14.7. The third-order valence-corrected chi connectivity index (χ3v) is 3.54. The Labute approximate surface area is 115 Å². The average molecular weight is 320 g/mol. The van der Waals surface area contributed by atoms with Crippen LogP contribution in [0.1, 0.15) is 37.0 Å². The molecule has 0 amide bonds. The summed E-state index contributed by atoms with van der Waals surface area (Å²) >= 11 is 9.34. The third-order valence-electron chi connectivity index (χ3n) is 2.74. The highest BCUT2D eigenvalue weighted by molar-refractivity contribution is 9.10. The van der Waals surface area contributed by atoms with Gasteiger partial charge in [0.15, 0.2) is 5.78 Å². The van der Waals surface area contributed by atoms with Crippen LogP contribution < -0.4 is 0 Å². The Balaban J connectivity index is 2.71. The van der Waals surface area contributed by atoms with Crippen LogP contribution in [0, 0.1) is 0 Å². The van der Waals surface area contributed by atoms with E-state index in [1.807, 2.05) is 19.9 Å². The van der Waals surface area contributed by atoms with Gasteiger partial charge in [-0.3, -0.25) is 4.79 Å². The Bertz CT molecular complexity index is 416. The van der Waals surface area contributed by atoms with Crippen LogP contribution in [0.2, 0.25) is 5.02 Å². The van der Waals surface area contributed by atoms with Gasteiger partial charge < -0.3 is 4.74 Å². The first-order valence-electron chi connectivity index (χ1n) is 5.39. The fourth-order valence-corrected chi connectivity index (χ4v) is 2.15. The summed E-state index contributed by atoms with van der Waals surface area (Å²) in [6.45, 7) is 3.92. The topological polar surface area (TPSA) is 26.3 Å². The van der Waals surface area contributed by atoms with Crippen molar-refractivity contribution in [3.05, 3.63) is 33.3 Å². The van der Waals surface area contributed by atoms with E-state index in [2.05, 4.69) is 15.9 Å². The van der Waals surface area contributed by atoms with Crippen molar-refractivity contribution >= 4 is 33.3 Å². The monoisotopic (exact) mass is 318 g/mol. The number of hydrogen-bond acceptors (Lipinski definition) is 2. The maximum Gasteiger partial charge on any atom is 0.164 e. The van der Waals surface area contributed by atoms with Crippen LogP contribution >= 0.6 is 27.5 Å². The van der Waals surface area contributed by atoms with E-state index >= 15 is 0 Å². The summed E-state index contributed by atoms with van der Waals surface area (Å²) in [5.74, 6) is 0.0487. The van der Waals surface area contributed by atoms with Gasteiger partial charge in [-0.1, -0.05) is 27.5 Å². The molecule has 0 aliphatic heterocycles. The van der Waals surface area contributed by atoms with Gasteiger partial charge in [-0.2, -0.15) is 0 Å². The highest BCUT2D eigenvalue weighted by Gasteiger charge is 2.19. The van der Waals surface area contributed by atoms with Crippen LogP contribution in [-0.2, 0) is 4.74 Å². The predicted octanol–water partition coefficient (Wildman–Crippen LogP) is 4.49. The van der Waals surface area contributed by atoms with Gasteiger partial charge in [0.2, 0.25) is 0 Å². The molecule has 0 spiro atoms. The van der Waals surface area contributed by atoms with Crippen LogP contribution in [-0.4, -0.2) is 18.5 Å².